The van der Waals surface area contributed by atoms with Gasteiger partial charge in [-0.3, -0.25) is 9.59 Å². The van der Waals surface area contributed by atoms with Crippen LogP contribution in [0.5, 0.6) is 0 Å². The molecular formula is C13H14N2O2. The predicted octanol–water partition coefficient (Wildman–Crippen LogP) is 2.10. The fourth-order valence-corrected chi connectivity index (χ4v) is 1.93. The van der Waals surface area contributed by atoms with Crippen molar-refractivity contribution >= 4 is 22.5 Å². The maximum absolute atomic E-state index is 11.9. The number of aromatic nitrogens is 1. The summed E-state index contributed by atoms with van der Waals surface area (Å²) in [4.78, 5) is 26.0. The molecule has 4 nitrogen and oxygen atoms in total. The van der Waals surface area contributed by atoms with Gasteiger partial charge < -0.3 is 10.3 Å². The monoisotopic (exact) mass is 230 g/mol. The first-order valence-corrected chi connectivity index (χ1v) is 5.39. The molecule has 1 aromatic carbocycles. The van der Waals surface area contributed by atoms with E-state index in [2.05, 4.69) is 10.3 Å². The van der Waals surface area contributed by atoms with Gasteiger partial charge in [0.2, 0.25) is 5.91 Å². The van der Waals surface area contributed by atoms with Crippen molar-refractivity contribution in [2.24, 2.45) is 0 Å². The summed E-state index contributed by atoms with van der Waals surface area (Å²) in [5, 5.41) is 3.28. The summed E-state index contributed by atoms with van der Waals surface area (Å²) in [6.45, 7) is 5.20. The molecule has 2 rings (SSSR count). The largest absolute Gasteiger partial charge is 0.358 e. The average Bonchev–Trinajstić information content (AvgIpc) is 2.19. The molecule has 0 aliphatic rings. The van der Waals surface area contributed by atoms with E-state index in [1.54, 1.807) is 12.1 Å². The van der Waals surface area contributed by atoms with E-state index in [0.29, 0.717) is 11.1 Å². The van der Waals surface area contributed by atoms with Crippen molar-refractivity contribution in [3.63, 3.8) is 0 Å². The lowest BCUT2D eigenvalue weighted by Crippen LogP contribution is -2.09. The number of H-pyrrole nitrogens is 1. The second-order valence-electron chi connectivity index (χ2n) is 4.21. The first-order valence-electron chi connectivity index (χ1n) is 5.39. The average molecular weight is 230 g/mol. The zero-order valence-electron chi connectivity index (χ0n) is 10.0. The van der Waals surface area contributed by atoms with E-state index < -0.39 is 0 Å². The van der Waals surface area contributed by atoms with E-state index in [0.717, 1.165) is 16.8 Å². The van der Waals surface area contributed by atoms with Gasteiger partial charge in [0.05, 0.1) is 5.52 Å². The first-order chi connectivity index (χ1) is 7.97. The molecule has 0 unspecified atom stereocenters. The molecule has 1 heterocycles. The topological polar surface area (TPSA) is 62.0 Å². The van der Waals surface area contributed by atoms with E-state index in [9.17, 15) is 9.59 Å². The Balaban J connectivity index is 2.73. The minimum absolute atomic E-state index is 0.0356. The van der Waals surface area contributed by atoms with Crippen LogP contribution < -0.4 is 10.7 Å². The molecule has 0 spiro atoms. The summed E-state index contributed by atoms with van der Waals surface area (Å²) in [7, 11) is 0. The molecule has 2 N–H and O–H groups in total. The summed E-state index contributed by atoms with van der Waals surface area (Å²) in [6.07, 6.45) is 0. The van der Waals surface area contributed by atoms with Gasteiger partial charge in [-0.1, -0.05) is 0 Å². The third-order valence-corrected chi connectivity index (χ3v) is 2.59. The number of hydrogen-bond donors (Lipinski definition) is 2. The fourth-order valence-electron chi connectivity index (χ4n) is 1.93. The van der Waals surface area contributed by atoms with Gasteiger partial charge in [0.25, 0.3) is 0 Å². The van der Waals surface area contributed by atoms with E-state index in [-0.39, 0.29) is 11.3 Å². The molecule has 4 heteroatoms. The fraction of sp³-hybridized carbons (Fsp3) is 0.231. The highest BCUT2D eigenvalue weighted by Crippen LogP contribution is 2.19. The highest BCUT2D eigenvalue weighted by Gasteiger charge is 2.06. The van der Waals surface area contributed by atoms with Crippen LogP contribution in [0, 0.1) is 13.8 Å². The Morgan fingerprint density at radius 1 is 1.24 bits per heavy atom. The Morgan fingerprint density at radius 2 is 1.94 bits per heavy atom. The van der Waals surface area contributed by atoms with Gasteiger partial charge in [0.1, 0.15) is 0 Å². The van der Waals surface area contributed by atoms with E-state index >= 15 is 0 Å². The number of fused-ring (bicyclic) bond motifs is 1. The van der Waals surface area contributed by atoms with E-state index in [4.69, 9.17) is 0 Å². The Labute approximate surface area is 98.7 Å². The van der Waals surface area contributed by atoms with Crippen molar-refractivity contribution in [3.05, 3.63) is 39.7 Å². The lowest BCUT2D eigenvalue weighted by atomic mass is 10.1. The maximum atomic E-state index is 11.9. The van der Waals surface area contributed by atoms with Gasteiger partial charge in [-0.15, -0.1) is 0 Å². The molecule has 2 aromatic rings. The second kappa shape index (κ2) is 4.05. The Hall–Kier alpha value is -2.10. The van der Waals surface area contributed by atoms with E-state index in [1.807, 2.05) is 19.9 Å². The molecule has 88 valence electrons. The molecule has 0 fully saturated rings. The Morgan fingerprint density at radius 3 is 2.59 bits per heavy atom. The summed E-state index contributed by atoms with van der Waals surface area (Å²) in [5.74, 6) is -0.146. The highest BCUT2D eigenvalue weighted by molar-refractivity contribution is 5.93. The summed E-state index contributed by atoms with van der Waals surface area (Å²) < 4.78 is 0. The van der Waals surface area contributed by atoms with Crippen LogP contribution in [0.1, 0.15) is 18.2 Å². The number of aryl methyl sites for hydroxylation is 2. The second-order valence-corrected chi connectivity index (χ2v) is 4.21. The van der Waals surface area contributed by atoms with Gasteiger partial charge in [-0.25, -0.2) is 0 Å². The lowest BCUT2D eigenvalue weighted by Gasteiger charge is -2.08. The van der Waals surface area contributed by atoms with Crippen LogP contribution in [-0.4, -0.2) is 10.9 Å². The normalized spacial score (nSPS) is 10.5. The SMILES string of the molecule is CC(=O)Nc1cc(C)c2[nH]c(C)cc(=O)c2c1. The number of anilines is 1. The number of nitrogens with one attached hydrogen (secondary N) is 2. The Bertz CT molecular complexity index is 656. The van der Waals surface area contributed by atoms with Crippen LogP contribution in [0.4, 0.5) is 5.69 Å². The molecule has 0 aliphatic carbocycles. The smallest absolute Gasteiger partial charge is 0.221 e. The molecule has 0 aliphatic heterocycles. The third-order valence-electron chi connectivity index (χ3n) is 2.59. The van der Waals surface area contributed by atoms with Crippen LogP contribution in [0.15, 0.2) is 23.0 Å². The molecule has 0 atom stereocenters. The van der Waals surface area contributed by atoms with Gasteiger partial charge >= 0.3 is 0 Å². The number of aromatic amines is 1. The Kier molecular flexibility index (Phi) is 2.71. The van der Waals surface area contributed by atoms with Crippen LogP contribution in [0.2, 0.25) is 0 Å². The van der Waals surface area contributed by atoms with Gasteiger partial charge in [-0.05, 0) is 31.5 Å². The molecule has 0 radical (unpaired) electrons. The van der Waals surface area contributed by atoms with Gasteiger partial charge in [-0.2, -0.15) is 0 Å². The van der Waals surface area contributed by atoms with Crippen LogP contribution in [0.25, 0.3) is 10.9 Å². The minimum atomic E-state index is -0.146. The lowest BCUT2D eigenvalue weighted by molar-refractivity contribution is -0.114. The minimum Gasteiger partial charge on any atom is -0.358 e. The number of amides is 1. The van der Waals surface area contributed by atoms with Crippen LogP contribution in [-0.2, 0) is 4.79 Å². The number of carbonyl (C=O) groups excluding carboxylic acids is 1. The van der Waals surface area contributed by atoms with E-state index in [1.165, 1.54) is 6.92 Å². The van der Waals surface area contributed by atoms with Crippen LogP contribution in [0.3, 0.4) is 0 Å². The zero-order chi connectivity index (χ0) is 12.6. The molecule has 0 saturated heterocycles. The quantitative estimate of drug-likeness (QED) is 0.788. The number of carbonyl (C=O) groups is 1. The summed E-state index contributed by atoms with van der Waals surface area (Å²) >= 11 is 0. The van der Waals surface area contributed by atoms with Crippen molar-refractivity contribution in [2.75, 3.05) is 5.32 Å². The number of rotatable bonds is 1. The molecule has 0 saturated carbocycles. The maximum Gasteiger partial charge on any atom is 0.221 e. The molecule has 17 heavy (non-hydrogen) atoms. The van der Waals surface area contributed by atoms with Crippen molar-refractivity contribution in [2.45, 2.75) is 20.8 Å². The third kappa shape index (κ3) is 2.20. The van der Waals surface area contributed by atoms with Crippen molar-refractivity contribution in [1.82, 2.24) is 4.98 Å². The standard InChI is InChI=1S/C13H14N2O2/c1-7-4-10(15-9(3)16)6-11-12(17)5-8(2)14-13(7)11/h4-6H,1-3H3,(H,14,17)(H,15,16). The first kappa shape index (κ1) is 11.4. The number of pyridine rings is 1. The summed E-state index contributed by atoms with van der Waals surface area (Å²) in [6, 6.07) is 5.10. The molecule has 0 bridgehead atoms. The van der Waals surface area contributed by atoms with Crippen molar-refractivity contribution < 1.29 is 4.79 Å². The number of hydrogen-bond acceptors (Lipinski definition) is 2. The highest BCUT2D eigenvalue weighted by atomic mass is 16.1. The van der Waals surface area contributed by atoms with Crippen molar-refractivity contribution in [1.29, 1.82) is 0 Å². The predicted molar refractivity (Wildman–Crippen MR) is 68.3 cm³/mol. The summed E-state index contributed by atoms with van der Waals surface area (Å²) in [5.41, 5.74) is 3.21. The van der Waals surface area contributed by atoms with Gasteiger partial charge in [0.15, 0.2) is 5.43 Å². The molecular weight excluding hydrogens is 216 g/mol. The van der Waals surface area contributed by atoms with Crippen molar-refractivity contribution in [3.8, 4) is 0 Å². The van der Waals surface area contributed by atoms with Gasteiger partial charge in [0, 0.05) is 29.8 Å². The molecule has 1 aromatic heterocycles. The van der Waals surface area contributed by atoms with Crippen LogP contribution >= 0.6 is 0 Å². The molecule has 1 amide bonds. The zero-order valence-corrected chi connectivity index (χ0v) is 10.0. The number of benzene rings is 1.